The molecule has 1 heterocycles. The Morgan fingerprint density at radius 1 is 1.10 bits per heavy atom. The van der Waals surface area contributed by atoms with Crippen LogP contribution in [0, 0.1) is 12.7 Å². The van der Waals surface area contributed by atoms with Crippen LogP contribution in [0.4, 0.5) is 26.3 Å². The Morgan fingerprint density at radius 3 is 2.31 bits per heavy atom. The van der Waals surface area contributed by atoms with Crippen LogP contribution in [-0.2, 0) is 11.1 Å². The van der Waals surface area contributed by atoms with Gasteiger partial charge in [-0.3, -0.25) is 4.79 Å². The maximum atomic E-state index is 14.5. The molecule has 2 aromatic carbocycles. The highest BCUT2D eigenvalue weighted by atomic mass is 19.4. The number of halogens is 6. The molecule has 226 valence electrons. The Morgan fingerprint density at radius 2 is 1.76 bits per heavy atom. The van der Waals surface area contributed by atoms with E-state index >= 15 is 0 Å². The molecular formula is C30H30F6N2O4. The van der Waals surface area contributed by atoms with Gasteiger partial charge in [0.1, 0.15) is 5.82 Å². The van der Waals surface area contributed by atoms with Crippen molar-refractivity contribution in [3.63, 3.8) is 0 Å². The summed E-state index contributed by atoms with van der Waals surface area (Å²) in [5.41, 5.74) is 1.44. The highest BCUT2D eigenvalue weighted by molar-refractivity contribution is 5.96. The summed E-state index contributed by atoms with van der Waals surface area (Å²) in [7, 11) is 1.22. The number of alkyl halides is 5. The Kier molecular flexibility index (Phi) is 8.11. The summed E-state index contributed by atoms with van der Waals surface area (Å²) in [5, 5.41) is 11.1. The summed E-state index contributed by atoms with van der Waals surface area (Å²) in [6.45, 7) is 4.61. The molecular weight excluding hydrogens is 566 g/mol. The predicted molar refractivity (Wildman–Crippen MR) is 142 cm³/mol. The number of hydrogen-bond donors (Lipinski definition) is 2. The van der Waals surface area contributed by atoms with Gasteiger partial charge in [-0.15, -0.1) is 0 Å². The van der Waals surface area contributed by atoms with Crippen LogP contribution in [0.15, 0.2) is 48.5 Å². The molecule has 0 amide bonds. The number of pyridine rings is 1. The molecule has 1 aliphatic carbocycles. The van der Waals surface area contributed by atoms with Crippen LogP contribution in [0.3, 0.4) is 0 Å². The van der Waals surface area contributed by atoms with Crippen molar-refractivity contribution in [2.24, 2.45) is 5.73 Å². The normalized spacial score (nSPS) is 17.9. The smallest absolute Gasteiger partial charge is 0.422 e. The van der Waals surface area contributed by atoms with Crippen LogP contribution in [0.1, 0.15) is 60.3 Å². The van der Waals surface area contributed by atoms with Gasteiger partial charge in [0.15, 0.2) is 23.4 Å². The fraction of sp³-hybridized carbons (Fsp3) is 0.400. The monoisotopic (exact) mass is 596 g/mol. The van der Waals surface area contributed by atoms with E-state index in [9.17, 15) is 36.2 Å². The fourth-order valence-electron chi connectivity index (χ4n) is 4.33. The predicted octanol–water partition coefficient (Wildman–Crippen LogP) is 6.60. The molecule has 1 saturated carbocycles. The number of methoxy groups -OCH3 is 1. The average Bonchev–Trinajstić information content (AvgIpc) is 3.52. The van der Waals surface area contributed by atoms with Crippen molar-refractivity contribution in [2.45, 2.75) is 69.4 Å². The fourth-order valence-corrected chi connectivity index (χ4v) is 4.33. The van der Waals surface area contributed by atoms with Crippen LogP contribution in [-0.4, -0.2) is 41.2 Å². The van der Waals surface area contributed by atoms with Gasteiger partial charge in [-0.2, -0.15) is 13.2 Å². The number of Topliss-reactive ketones (excluding diaryl/α,β-unsaturated/α-hetero) is 1. The van der Waals surface area contributed by atoms with Gasteiger partial charge in [-0.25, -0.2) is 18.2 Å². The molecule has 1 fully saturated rings. The van der Waals surface area contributed by atoms with E-state index in [2.05, 4.69) is 4.98 Å². The largest absolute Gasteiger partial charge is 0.493 e. The van der Waals surface area contributed by atoms with Crippen molar-refractivity contribution in [3.8, 4) is 22.8 Å². The molecule has 1 aromatic heterocycles. The van der Waals surface area contributed by atoms with Crippen LogP contribution in [0.2, 0.25) is 0 Å². The van der Waals surface area contributed by atoms with Crippen molar-refractivity contribution in [3.05, 3.63) is 76.7 Å². The van der Waals surface area contributed by atoms with E-state index in [1.165, 1.54) is 50.4 Å². The van der Waals surface area contributed by atoms with E-state index in [-0.39, 0.29) is 33.9 Å². The Bertz CT molecular complexity index is 1500. The van der Waals surface area contributed by atoms with E-state index in [1.807, 2.05) is 0 Å². The SMILES string of the molecule is COc1cc(C(=O)CCC(O)(c2cc(C(C)(C)N)cc(-c3ccc(F)c(C)c3)n2)C(F)(F)F)ccc1OC1CC1(F)F. The second-order valence-electron chi connectivity index (χ2n) is 11.0. The quantitative estimate of drug-likeness (QED) is 0.202. The number of carbonyl (C=O) groups excluding carboxylic acids is 1. The lowest BCUT2D eigenvalue weighted by Gasteiger charge is -2.32. The van der Waals surface area contributed by atoms with Crippen LogP contribution in [0.25, 0.3) is 11.3 Å². The number of nitrogens with zero attached hydrogens (tertiary/aromatic N) is 1. The van der Waals surface area contributed by atoms with Crippen molar-refractivity contribution in [1.29, 1.82) is 0 Å². The van der Waals surface area contributed by atoms with Crippen molar-refractivity contribution in [1.82, 2.24) is 4.98 Å². The molecule has 6 nitrogen and oxygen atoms in total. The van der Waals surface area contributed by atoms with Gasteiger partial charge in [-0.1, -0.05) is 0 Å². The lowest BCUT2D eigenvalue weighted by molar-refractivity contribution is -0.270. The van der Waals surface area contributed by atoms with Crippen LogP contribution >= 0.6 is 0 Å². The maximum Gasteiger partial charge on any atom is 0.422 e. The minimum atomic E-state index is -5.25. The molecule has 4 rings (SSSR count). The summed E-state index contributed by atoms with van der Waals surface area (Å²) in [5.74, 6) is -4.35. The maximum absolute atomic E-state index is 14.5. The van der Waals surface area contributed by atoms with Gasteiger partial charge in [0.05, 0.1) is 24.9 Å². The highest BCUT2D eigenvalue weighted by Crippen LogP contribution is 2.47. The van der Waals surface area contributed by atoms with Crippen LogP contribution < -0.4 is 15.2 Å². The zero-order chi connectivity index (χ0) is 31.3. The third-order valence-electron chi connectivity index (χ3n) is 7.15. The third-order valence-corrected chi connectivity index (χ3v) is 7.15. The van der Waals surface area contributed by atoms with E-state index in [4.69, 9.17) is 15.2 Å². The van der Waals surface area contributed by atoms with Gasteiger partial charge in [0, 0.05) is 23.1 Å². The first-order chi connectivity index (χ1) is 19.4. The summed E-state index contributed by atoms with van der Waals surface area (Å²) in [6.07, 6.45) is -8.90. The molecule has 0 spiro atoms. The zero-order valence-electron chi connectivity index (χ0n) is 23.3. The molecule has 0 radical (unpaired) electrons. The minimum absolute atomic E-state index is 0.0275. The molecule has 1 aliphatic rings. The van der Waals surface area contributed by atoms with Gasteiger partial charge in [0.2, 0.25) is 5.60 Å². The molecule has 0 aliphatic heterocycles. The first kappa shape index (κ1) is 31.3. The Balaban J connectivity index is 1.66. The van der Waals surface area contributed by atoms with Gasteiger partial charge >= 0.3 is 6.18 Å². The molecule has 3 N–H and O–H groups in total. The van der Waals surface area contributed by atoms with Crippen LogP contribution in [0.5, 0.6) is 11.5 Å². The van der Waals surface area contributed by atoms with Gasteiger partial charge < -0.3 is 20.3 Å². The second kappa shape index (κ2) is 10.9. The number of aryl methyl sites for hydroxylation is 1. The number of ether oxygens (including phenoxy) is 2. The number of ketones is 1. The first-order valence-corrected chi connectivity index (χ1v) is 13.0. The van der Waals surface area contributed by atoms with Crippen molar-refractivity contribution < 1.29 is 45.7 Å². The number of benzene rings is 2. The zero-order valence-corrected chi connectivity index (χ0v) is 23.3. The summed E-state index contributed by atoms with van der Waals surface area (Å²) >= 11 is 0. The molecule has 0 bridgehead atoms. The summed E-state index contributed by atoms with van der Waals surface area (Å²) in [4.78, 5) is 17.1. The third kappa shape index (κ3) is 6.39. The number of aliphatic hydroxyl groups is 1. The topological polar surface area (TPSA) is 94.7 Å². The average molecular weight is 597 g/mol. The van der Waals surface area contributed by atoms with Crippen molar-refractivity contribution in [2.75, 3.05) is 7.11 Å². The summed E-state index contributed by atoms with van der Waals surface area (Å²) in [6, 6.07) is 10.0. The van der Waals surface area contributed by atoms with E-state index in [1.54, 1.807) is 13.8 Å². The van der Waals surface area contributed by atoms with E-state index < -0.39 is 65.9 Å². The molecule has 0 saturated heterocycles. The number of nitrogens with two attached hydrogens (primary N) is 1. The Hall–Kier alpha value is -3.64. The van der Waals surface area contributed by atoms with Crippen molar-refractivity contribution >= 4 is 5.78 Å². The van der Waals surface area contributed by atoms with Gasteiger partial charge in [0.25, 0.3) is 5.92 Å². The summed E-state index contributed by atoms with van der Waals surface area (Å²) < 4.78 is 94.2. The molecule has 2 unspecified atom stereocenters. The minimum Gasteiger partial charge on any atom is -0.493 e. The second-order valence-corrected chi connectivity index (χ2v) is 11.0. The number of hydrogen-bond acceptors (Lipinski definition) is 6. The lowest BCUT2D eigenvalue weighted by atomic mass is 9.86. The lowest BCUT2D eigenvalue weighted by Crippen LogP contribution is -2.44. The van der Waals surface area contributed by atoms with E-state index in [0.717, 1.165) is 12.1 Å². The van der Waals surface area contributed by atoms with Gasteiger partial charge in [-0.05, 0) is 86.8 Å². The van der Waals surface area contributed by atoms with E-state index in [0.29, 0.717) is 5.56 Å². The molecule has 12 heteroatoms. The first-order valence-electron chi connectivity index (χ1n) is 13.0. The molecule has 3 aromatic rings. The number of carbonyl (C=O) groups is 1. The highest BCUT2D eigenvalue weighted by Gasteiger charge is 2.60. The Labute approximate surface area is 238 Å². The standard InChI is InChI=1S/C30H30F6N2O4/c1-16-11-17(5-7-20(16)31)21-13-19(27(2,3)37)14-25(38-21)28(40,30(34,35)36)10-9-22(39)18-6-8-23(24(12-18)41-4)42-26-15-29(26,32)33/h5-8,11-14,26,40H,9-10,15,37H2,1-4H3. The molecule has 42 heavy (non-hydrogen) atoms. The number of aromatic nitrogens is 1. The number of rotatable bonds is 10. The molecule has 2 atom stereocenters.